The summed E-state index contributed by atoms with van der Waals surface area (Å²) in [5.41, 5.74) is 0. The topological polar surface area (TPSA) is 42.9 Å². The Bertz CT molecular complexity index is 594. The van der Waals surface area contributed by atoms with E-state index in [1.165, 1.54) is 0 Å². The van der Waals surface area contributed by atoms with Crippen molar-refractivity contribution >= 4 is 21.8 Å². The predicted octanol–water partition coefficient (Wildman–Crippen LogP) is 1.59. The largest absolute Gasteiger partial charge is 0.485 e. The highest BCUT2D eigenvalue weighted by molar-refractivity contribution is 9.10. The van der Waals surface area contributed by atoms with Crippen LogP contribution in [0.25, 0.3) is 0 Å². The van der Waals surface area contributed by atoms with Crippen LogP contribution in [0.5, 0.6) is 11.5 Å². The lowest BCUT2D eigenvalue weighted by Crippen LogP contribution is -2.42. The summed E-state index contributed by atoms with van der Waals surface area (Å²) in [6.07, 6.45) is -0.663. The van der Waals surface area contributed by atoms with E-state index in [0.717, 1.165) is 4.47 Å². The fourth-order valence-electron chi connectivity index (χ4n) is 1.54. The van der Waals surface area contributed by atoms with Gasteiger partial charge in [-0.2, -0.15) is 0 Å². The van der Waals surface area contributed by atoms with Gasteiger partial charge in [0.15, 0.2) is 17.6 Å². The van der Waals surface area contributed by atoms with Crippen molar-refractivity contribution in [1.82, 2.24) is 5.32 Å². The quantitative estimate of drug-likeness (QED) is 0.853. The van der Waals surface area contributed by atoms with Crippen LogP contribution in [0, 0.1) is 0 Å². The molecule has 0 bridgehead atoms. The van der Waals surface area contributed by atoms with Crippen molar-refractivity contribution in [1.29, 1.82) is 0 Å². The first-order valence-corrected chi connectivity index (χ1v) is 5.55. The summed E-state index contributed by atoms with van der Waals surface area (Å²) in [7, 11) is 0. The SMILES string of the molecule is [2H]C1([2H])N=C(C2COc3ccc(Br)cc3O2)NC1([2H])[2H]. The number of hydrogen-bond donors (Lipinski definition) is 1. The number of benzene rings is 1. The maximum absolute atomic E-state index is 7.58. The third kappa shape index (κ3) is 1.75. The minimum absolute atomic E-state index is 0.116. The van der Waals surface area contributed by atoms with E-state index in [-0.39, 0.29) is 12.4 Å². The number of nitrogens with one attached hydrogen (secondary N) is 1. The van der Waals surface area contributed by atoms with Gasteiger partial charge in [-0.05, 0) is 18.2 Å². The Hall–Kier alpha value is -1.23. The standard InChI is InChI=1S/C11H11BrN2O2/c12-7-1-2-8-9(5-7)16-10(6-15-8)11-13-3-4-14-11/h1-2,5,10H,3-4,6H2,(H,13,14)/i3D2,4D2. The highest BCUT2D eigenvalue weighted by Gasteiger charge is 2.27. The first kappa shape index (κ1) is 6.49. The second-order valence-corrected chi connectivity index (χ2v) is 4.28. The van der Waals surface area contributed by atoms with Crippen LogP contribution in [0.2, 0.25) is 0 Å². The van der Waals surface area contributed by atoms with Crippen molar-refractivity contribution in [2.24, 2.45) is 4.99 Å². The lowest BCUT2D eigenvalue weighted by molar-refractivity contribution is 0.133. The van der Waals surface area contributed by atoms with Crippen molar-refractivity contribution in [3.05, 3.63) is 22.7 Å². The molecule has 0 aromatic heterocycles. The van der Waals surface area contributed by atoms with Gasteiger partial charge in [0.25, 0.3) is 0 Å². The second kappa shape index (κ2) is 3.97. The normalized spacial score (nSPS) is 32.6. The molecule has 2 heterocycles. The molecule has 0 saturated heterocycles. The van der Waals surface area contributed by atoms with Gasteiger partial charge in [-0.1, -0.05) is 15.9 Å². The van der Waals surface area contributed by atoms with Gasteiger partial charge in [-0.15, -0.1) is 0 Å². The average Bonchev–Trinajstić information content (AvgIpc) is 2.57. The molecule has 2 aliphatic rings. The maximum atomic E-state index is 7.58. The highest BCUT2D eigenvalue weighted by Crippen LogP contribution is 2.34. The van der Waals surface area contributed by atoms with E-state index in [4.69, 9.17) is 15.0 Å². The zero-order valence-electron chi connectivity index (χ0n) is 12.2. The van der Waals surface area contributed by atoms with Crippen molar-refractivity contribution < 1.29 is 15.0 Å². The van der Waals surface area contributed by atoms with Crippen LogP contribution in [0.4, 0.5) is 0 Å². The van der Waals surface area contributed by atoms with Gasteiger partial charge < -0.3 is 14.8 Å². The number of halogens is 1. The van der Waals surface area contributed by atoms with Crippen molar-refractivity contribution in [3.8, 4) is 11.5 Å². The Kier molecular flexibility index (Phi) is 1.61. The molecule has 4 nitrogen and oxygen atoms in total. The van der Waals surface area contributed by atoms with E-state index < -0.39 is 19.1 Å². The van der Waals surface area contributed by atoms with Gasteiger partial charge in [0.05, 0.1) is 12.0 Å². The van der Waals surface area contributed by atoms with Crippen LogP contribution in [0.15, 0.2) is 27.7 Å². The smallest absolute Gasteiger partial charge is 0.189 e. The molecule has 1 unspecified atom stereocenters. The molecule has 2 aliphatic heterocycles. The molecule has 16 heavy (non-hydrogen) atoms. The fourth-order valence-corrected chi connectivity index (χ4v) is 1.88. The van der Waals surface area contributed by atoms with E-state index >= 15 is 0 Å². The molecule has 0 fully saturated rings. The Morgan fingerprint density at radius 2 is 2.44 bits per heavy atom. The van der Waals surface area contributed by atoms with Crippen molar-refractivity contribution in [2.75, 3.05) is 19.6 Å². The van der Waals surface area contributed by atoms with E-state index in [1.807, 2.05) is 6.07 Å². The van der Waals surface area contributed by atoms with E-state index in [9.17, 15) is 0 Å². The number of rotatable bonds is 1. The molecule has 84 valence electrons. The molecule has 3 rings (SSSR count). The molecule has 0 aliphatic carbocycles. The van der Waals surface area contributed by atoms with Crippen molar-refractivity contribution in [3.63, 3.8) is 0 Å². The van der Waals surface area contributed by atoms with E-state index in [1.54, 1.807) is 12.1 Å². The van der Waals surface area contributed by atoms with E-state index in [2.05, 4.69) is 26.2 Å². The lowest BCUT2D eigenvalue weighted by Gasteiger charge is -2.26. The number of fused-ring (bicyclic) bond motifs is 1. The number of aliphatic imine (C=N–C) groups is 1. The van der Waals surface area contributed by atoms with Crippen LogP contribution >= 0.6 is 15.9 Å². The Labute approximate surface area is 107 Å². The molecular formula is C11H11BrN2O2. The molecule has 0 spiro atoms. The third-order valence-electron chi connectivity index (χ3n) is 2.29. The molecule has 1 N–H and O–H groups in total. The maximum Gasteiger partial charge on any atom is 0.189 e. The summed E-state index contributed by atoms with van der Waals surface area (Å²) in [6, 6.07) is 5.32. The fraction of sp³-hybridized carbons (Fsp3) is 0.364. The first-order chi connectivity index (χ1) is 9.28. The first-order valence-electron chi connectivity index (χ1n) is 6.75. The number of nitrogens with zero attached hydrogens (tertiary/aromatic N) is 1. The Balaban J connectivity index is 1.85. The number of hydrogen-bond acceptors (Lipinski definition) is 4. The predicted molar refractivity (Wildman–Crippen MR) is 64.4 cm³/mol. The average molecular weight is 287 g/mol. The van der Waals surface area contributed by atoms with Crippen LogP contribution in [0.3, 0.4) is 0 Å². The van der Waals surface area contributed by atoms with Gasteiger partial charge in [-0.3, -0.25) is 4.99 Å². The second-order valence-electron chi connectivity index (χ2n) is 3.37. The molecule has 0 radical (unpaired) electrons. The molecule has 1 atom stereocenters. The minimum Gasteiger partial charge on any atom is -0.485 e. The highest BCUT2D eigenvalue weighted by atomic mass is 79.9. The van der Waals surface area contributed by atoms with E-state index in [0.29, 0.717) is 11.5 Å². The van der Waals surface area contributed by atoms with Crippen LogP contribution in [-0.4, -0.2) is 31.5 Å². The minimum atomic E-state index is -2.33. The summed E-state index contributed by atoms with van der Waals surface area (Å²) in [6.45, 7) is -4.45. The third-order valence-corrected chi connectivity index (χ3v) is 2.79. The molecule has 0 amide bonds. The van der Waals surface area contributed by atoms with Gasteiger partial charge in [0.2, 0.25) is 0 Å². The van der Waals surface area contributed by atoms with Gasteiger partial charge in [0, 0.05) is 11.0 Å². The number of amidine groups is 1. The Morgan fingerprint density at radius 1 is 1.50 bits per heavy atom. The number of ether oxygens (including phenoxy) is 2. The molecule has 5 heteroatoms. The molecule has 1 aromatic rings. The summed E-state index contributed by atoms with van der Waals surface area (Å²) in [5, 5.41) is 2.43. The zero-order chi connectivity index (χ0) is 14.5. The van der Waals surface area contributed by atoms with Crippen molar-refractivity contribution in [2.45, 2.75) is 6.10 Å². The summed E-state index contributed by atoms with van der Waals surface area (Å²) in [4.78, 5) is 3.74. The lowest BCUT2D eigenvalue weighted by atomic mass is 10.2. The Morgan fingerprint density at radius 3 is 3.25 bits per heavy atom. The van der Waals surface area contributed by atoms with Gasteiger partial charge in [0.1, 0.15) is 12.4 Å². The summed E-state index contributed by atoms with van der Waals surface area (Å²) < 4.78 is 42.3. The van der Waals surface area contributed by atoms with Gasteiger partial charge in [-0.25, -0.2) is 0 Å². The van der Waals surface area contributed by atoms with Crippen LogP contribution in [0.1, 0.15) is 5.48 Å². The zero-order valence-corrected chi connectivity index (χ0v) is 9.74. The van der Waals surface area contributed by atoms with Crippen LogP contribution in [-0.2, 0) is 0 Å². The van der Waals surface area contributed by atoms with Gasteiger partial charge >= 0.3 is 0 Å². The summed E-state index contributed by atoms with van der Waals surface area (Å²) in [5.74, 6) is 1.22. The summed E-state index contributed by atoms with van der Waals surface area (Å²) >= 11 is 3.33. The van der Waals surface area contributed by atoms with Crippen LogP contribution < -0.4 is 14.8 Å². The molecular weight excluding hydrogens is 272 g/mol. The molecule has 0 saturated carbocycles. The molecule has 1 aromatic carbocycles. The monoisotopic (exact) mass is 286 g/mol.